The molecule has 3 aromatic carbocycles. The van der Waals surface area contributed by atoms with E-state index in [4.69, 9.17) is 9.47 Å². The van der Waals surface area contributed by atoms with Crippen LogP contribution in [-0.4, -0.2) is 53.7 Å². The number of esters is 1. The molecule has 3 unspecified atom stereocenters. The minimum Gasteiger partial charge on any atom is -0.507 e. The third-order valence-electron chi connectivity index (χ3n) is 7.31. The van der Waals surface area contributed by atoms with Gasteiger partial charge in [0.2, 0.25) is 18.1 Å². The van der Waals surface area contributed by atoms with Crippen LogP contribution < -0.4 is 15.5 Å². The van der Waals surface area contributed by atoms with E-state index in [2.05, 4.69) is 10.6 Å². The van der Waals surface area contributed by atoms with Gasteiger partial charge in [-0.1, -0.05) is 55.5 Å². The number of carbonyl (C=O) groups excluding carboxylic acids is 4. The van der Waals surface area contributed by atoms with Gasteiger partial charge in [0, 0.05) is 11.3 Å². The summed E-state index contributed by atoms with van der Waals surface area (Å²) in [6, 6.07) is 18.0. The molecule has 0 aliphatic carbocycles. The lowest BCUT2D eigenvalue weighted by Crippen LogP contribution is -2.53. The number of benzene rings is 3. The molecule has 0 radical (unpaired) electrons. The topological polar surface area (TPSA) is 134 Å². The van der Waals surface area contributed by atoms with Crippen LogP contribution in [0.25, 0.3) is 0 Å². The minimum absolute atomic E-state index is 0.0669. The molecule has 1 heterocycles. The van der Waals surface area contributed by atoms with Crippen LogP contribution in [0, 0.1) is 20.8 Å². The monoisotopic (exact) mass is 587 g/mol. The Hall–Kier alpha value is -4.70. The number of phenols is 1. The van der Waals surface area contributed by atoms with Crippen molar-refractivity contribution >= 4 is 29.4 Å². The van der Waals surface area contributed by atoms with Crippen molar-refractivity contribution in [1.82, 2.24) is 10.6 Å². The number of amides is 3. The Morgan fingerprint density at radius 2 is 1.65 bits per heavy atom. The zero-order valence-electron chi connectivity index (χ0n) is 24.8. The Kier molecular flexibility index (Phi) is 10.2. The van der Waals surface area contributed by atoms with Gasteiger partial charge in [0.05, 0.1) is 13.0 Å². The van der Waals surface area contributed by atoms with Crippen molar-refractivity contribution in [2.45, 2.75) is 65.5 Å². The molecule has 0 aromatic heterocycles. The van der Waals surface area contributed by atoms with Crippen LogP contribution >= 0.6 is 0 Å². The first kappa shape index (κ1) is 31.2. The summed E-state index contributed by atoms with van der Waals surface area (Å²) in [5, 5.41) is 15.7. The molecule has 3 amide bonds. The molecule has 226 valence electrons. The second kappa shape index (κ2) is 14.0. The molecule has 43 heavy (non-hydrogen) atoms. The number of aromatic hydroxyl groups is 1. The molecule has 1 fully saturated rings. The summed E-state index contributed by atoms with van der Waals surface area (Å²) >= 11 is 0. The molecule has 1 aliphatic heterocycles. The molecule has 3 N–H and O–H groups in total. The molecular weight excluding hydrogens is 550 g/mol. The van der Waals surface area contributed by atoms with Gasteiger partial charge >= 0.3 is 5.97 Å². The van der Waals surface area contributed by atoms with Crippen LogP contribution in [0.3, 0.4) is 0 Å². The molecule has 3 atom stereocenters. The Bertz CT molecular complexity index is 1470. The predicted molar refractivity (Wildman–Crippen MR) is 160 cm³/mol. The number of para-hydroxylation sites is 1. The van der Waals surface area contributed by atoms with Crippen molar-refractivity contribution in [2.75, 3.05) is 11.4 Å². The maximum absolute atomic E-state index is 13.9. The first-order valence-corrected chi connectivity index (χ1v) is 14.2. The second-order valence-electron chi connectivity index (χ2n) is 10.6. The third-order valence-corrected chi connectivity index (χ3v) is 7.31. The quantitative estimate of drug-likeness (QED) is 0.290. The van der Waals surface area contributed by atoms with Gasteiger partial charge in [-0.3, -0.25) is 19.2 Å². The normalized spacial score (nSPS) is 16.7. The average molecular weight is 588 g/mol. The molecular formula is C33H37N3O7. The fourth-order valence-corrected chi connectivity index (χ4v) is 4.96. The predicted octanol–water partition coefficient (Wildman–Crippen LogP) is 3.83. The first-order chi connectivity index (χ1) is 20.6. The first-order valence-electron chi connectivity index (χ1n) is 14.2. The van der Waals surface area contributed by atoms with E-state index in [1.54, 1.807) is 45.0 Å². The SMILES string of the molecule is CCC(NC(=O)c1cc(C)c(O)c(C)c1)C(=O)N(CC(=O)NC1CC(=O)OC1OCc1ccccc1)c1ccccc1C. The van der Waals surface area contributed by atoms with Gasteiger partial charge < -0.3 is 30.1 Å². The van der Waals surface area contributed by atoms with E-state index in [-0.39, 0.29) is 31.7 Å². The summed E-state index contributed by atoms with van der Waals surface area (Å²) in [4.78, 5) is 53.8. The van der Waals surface area contributed by atoms with Crippen molar-refractivity contribution in [3.8, 4) is 5.75 Å². The van der Waals surface area contributed by atoms with E-state index in [0.717, 1.165) is 11.1 Å². The highest BCUT2D eigenvalue weighted by Gasteiger charge is 2.38. The van der Waals surface area contributed by atoms with Crippen molar-refractivity contribution in [2.24, 2.45) is 0 Å². The number of rotatable bonds is 11. The van der Waals surface area contributed by atoms with Gasteiger partial charge in [-0.25, -0.2) is 0 Å². The van der Waals surface area contributed by atoms with Crippen LogP contribution in [0.4, 0.5) is 5.69 Å². The van der Waals surface area contributed by atoms with Crippen molar-refractivity contribution < 1.29 is 33.8 Å². The summed E-state index contributed by atoms with van der Waals surface area (Å²) in [6.45, 7) is 6.82. The minimum atomic E-state index is -0.973. The number of hydrogen-bond acceptors (Lipinski definition) is 7. The van der Waals surface area contributed by atoms with Gasteiger partial charge in [0.15, 0.2) is 0 Å². The van der Waals surface area contributed by atoms with E-state index in [1.165, 1.54) is 4.90 Å². The van der Waals surface area contributed by atoms with Crippen LogP contribution in [0.15, 0.2) is 66.7 Å². The van der Waals surface area contributed by atoms with Crippen LogP contribution in [0.5, 0.6) is 5.75 Å². The lowest BCUT2D eigenvalue weighted by Gasteiger charge is -2.29. The molecule has 0 bridgehead atoms. The van der Waals surface area contributed by atoms with Crippen molar-refractivity contribution in [3.05, 3.63) is 94.5 Å². The standard InChI is InChI=1S/C33H37N3O7/c1-5-25(35-31(40)24-15-21(3)30(39)22(4)16-24)32(41)36(27-14-10-9-11-20(27)2)18-28(37)34-26-17-29(38)43-33(26)42-19-23-12-7-6-8-13-23/h6-16,25-26,33,39H,5,17-19H2,1-4H3,(H,34,37)(H,35,40). The molecule has 4 rings (SSSR count). The van der Waals surface area contributed by atoms with E-state index in [9.17, 15) is 24.3 Å². The molecule has 1 saturated heterocycles. The molecule has 3 aromatic rings. The van der Waals surface area contributed by atoms with E-state index in [0.29, 0.717) is 22.4 Å². The van der Waals surface area contributed by atoms with Crippen molar-refractivity contribution in [3.63, 3.8) is 0 Å². The largest absolute Gasteiger partial charge is 0.507 e. The highest BCUT2D eigenvalue weighted by Crippen LogP contribution is 2.24. The number of hydrogen-bond donors (Lipinski definition) is 3. The van der Waals surface area contributed by atoms with Crippen LogP contribution in [0.1, 0.15) is 52.4 Å². The number of cyclic esters (lactones) is 1. The zero-order valence-corrected chi connectivity index (χ0v) is 24.8. The van der Waals surface area contributed by atoms with Gasteiger partial charge in [-0.15, -0.1) is 0 Å². The average Bonchev–Trinajstić information content (AvgIpc) is 3.34. The summed E-state index contributed by atoms with van der Waals surface area (Å²) < 4.78 is 11.1. The smallest absolute Gasteiger partial charge is 0.310 e. The van der Waals surface area contributed by atoms with Gasteiger partial charge in [-0.2, -0.15) is 0 Å². The maximum atomic E-state index is 13.9. The fourth-order valence-electron chi connectivity index (χ4n) is 4.96. The number of nitrogens with one attached hydrogen (secondary N) is 2. The molecule has 1 aliphatic rings. The Labute approximate surface area is 251 Å². The molecule has 10 heteroatoms. The third kappa shape index (κ3) is 7.78. The van der Waals surface area contributed by atoms with E-state index < -0.39 is 42.1 Å². The Morgan fingerprint density at radius 1 is 1.00 bits per heavy atom. The Balaban J connectivity index is 1.49. The highest BCUT2D eigenvalue weighted by molar-refractivity contribution is 6.05. The number of ether oxygens (including phenoxy) is 2. The molecule has 10 nitrogen and oxygen atoms in total. The van der Waals surface area contributed by atoms with Gasteiger partial charge in [0.1, 0.15) is 24.4 Å². The lowest BCUT2D eigenvalue weighted by atomic mass is 10.0. The molecule has 0 saturated carbocycles. The van der Waals surface area contributed by atoms with E-state index in [1.807, 2.05) is 49.4 Å². The molecule has 0 spiro atoms. The Morgan fingerprint density at radius 3 is 2.30 bits per heavy atom. The summed E-state index contributed by atoms with van der Waals surface area (Å²) in [6.07, 6.45) is -0.771. The van der Waals surface area contributed by atoms with Crippen LogP contribution in [0.2, 0.25) is 0 Å². The highest BCUT2D eigenvalue weighted by atomic mass is 16.7. The number of carbonyl (C=O) groups is 4. The summed E-state index contributed by atoms with van der Waals surface area (Å²) in [5.41, 5.74) is 3.57. The number of phenolic OH excluding ortho intramolecular Hbond substituents is 1. The lowest BCUT2D eigenvalue weighted by molar-refractivity contribution is -0.168. The summed E-state index contributed by atoms with van der Waals surface area (Å²) in [5.74, 6) is -1.84. The fraction of sp³-hybridized carbons (Fsp3) is 0.333. The van der Waals surface area contributed by atoms with Crippen molar-refractivity contribution in [1.29, 1.82) is 0 Å². The zero-order chi connectivity index (χ0) is 31.1. The number of aryl methyl sites for hydroxylation is 3. The second-order valence-corrected chi connectivity index (χ2v) is 10.6. The van der Waals surface area contributed by atoms with Gasteiger partial charge in [0.25, 0.3) is 5.91 Å². The van der Waals surface area contributed by atoms with E-state index >= 15 is 0 Å². The van der Waals surface area contributed by atoms with Crippen LogP contribution in [-0.2, 0) is 30.5 Å². The number of anilines is 1. The number of nitrogens with zero attached hydrogens (tertiary/aromatic N) is 1. The summed E-state index contributed by atoms with van der Waals surface area (Å²) in [7, 11) is 0. The maximum Gasteiger partial charge on any atom is 0.310 e. The van der Waals surface area contributed by atoms with Gasteiger partial charge in [-0.05, 0) is 67.6 Å².